The second-order valence-corrected chi connectivity index (χ2v) is 15.8. The summed E-state index contributed by atoms with van der Waals surface area (Å²) in [6, 6.07) is -1.07. The molecule has 0 aromatic heterocycles. The van der Waals surface area contributed by atoms with Crippen LogP contribution in [0.1, 0.15) is 213 Å². The van der Waals surface area contributed by atoms with Crippen LogP contribution in [0, 0.1) is 0 Å². The van der Waals surface area contributed by atoms with Crippen LogP contribution in [0.15, 0.2) is 24.3 Å². The van der Waals surface area contributed by atoms with Gasteiger partial charge in [-0.2, -0.15) is 8.42 Å². The number of carbonyl (C=O) groups is 1. The molecule has 0 aliphatic rings. The molecule has 3 N–H and O–H groups in total. The molecule has 2 atom stereocenters. The number of carbonyl (C=O) groups excluding carboxylic acids is 1. The summed E-state index contributed by atoms with van der Waals surface area (Å²) >= 11 is 0. The summed E-state index contributed by atoms with van der Waals surface area (Å²) < 4.78 is 32.4. The van der Waals surface area contributed by atoms with Crippen molar-refractivity contribution in [2.45, 2.75) is 225 Å². The molecule has 0 radical (unpaired) electrons. The Kier molecular flexibility index (Phi) is 34.8. The molecule has 0 saturated heterocycles. The highest BCUT2D eigenvalue weighted by Crippen LogP contribution is 2.15. The van der Waals surface area contributed by atoms with E-state index in [0.717, 1.165) is 38.5 Å². The number of unbranched alkanes of at least 4 members (excludes halogenated alkanes) is 27. The van der Waals surface area contributed by atoms with Gasteiger partial charge >= 0.3 is 0 Å². The summed E-state index contributed by atoms with van der Waals surface area (Å²) in [6.45, 7) is 4.52. The Bertz CT molecular complexity index is 857. The quantitative estimate of drug-likeness (QED) is 0.0340. The van der Waals surface area contributed by atoms with E-state index in [2.05, 4.69) is 31.3 Å². The Morgan fingerprint density at radius 1 is 0.542 bits per heavy atom. The summed E-state index contributed by atoms with van der Waals surface area (Å²) in [6.07, 6.45) is 44.5. The molecule has 2 unspecified atom stereocenters. The smallest absolute Gasteiger partial charge is 0.267 e. The molecule has 0 aromatic carbocycles. The van der Waals surface area contributed by atoms with Gasteiger partial charge in [0, 0.05) is 6.42 Å². The average Bonchev–Trinajstić information content (AvgIpc) is 3.05. The lowest BCUT2D eigenvalue weighted by Gasteiger charge is -2.21. The SMILES string of the molecule is CCCCCCCCCC/C=C/CC/C=C/C(O)C(CS(=O)(=O)O)NC(=O)CCCCCCCCCCCCCCCCCCCCC. The Morgan fingerprint density at radius 3 is 1.31 bits per heavy atom. The van der Waals surface area contributed by atoms with Crippen LogP contribution in [-0.4, -0.2) is 41.9 Å². The Hall–Kier alpha value is -1.18. The third-order valence-electron chi connectivity index (χ3n) is 9.38. The molecule has 7 heteroatoms. The van der Waals surface area contributed by atoms with Crippen LogP contribution < -0.4 is 5.32 Å². The summed E-state index contributed by atoms with van der Waals surface area (Å²) in [4.78, 5) is 12.5. The zero-order valence-corrected chi connectivity index (χ0v) is 32.4. The molecule has 0 saturated carbocycles. The molecule has 48 heavy (non-hydrogen) atoms. The minimum atomic E-state index is -4.35. The fourth-order valence-corrected chi connectivity index (χ4v) is 7.02. The number of amides is 1. The van der Waals surface area contributed by atoms with Crippen LogP contribution in [0.4, 0.5) is 0 Å². The van der Waals surface area contributed by atoms with Crippen LogP contribution in [-0.2, 0) is 14.9 Å². The van der Waals surface area contributed by atoms with E-state index in [1.165, 1.54) is 160 Å². The largest absolute Gasteiger partial charge is 0.387 e. The molecule has 0 rings (SSSR count). The highest BCUT2D eigenvalue weighted by molar-refractivity contribution is 7.85. The molecular weight excluding hydrogens is 619 g/mol. The van der Waals surface area contributed by atoms with Crippen LogP contribution in [0.5, 0.6) is 0 Å². The van der Waals surface area contributed by atoms with Gasteiger partial charge in [-0.15, -0.1) is 0 Å². The van der Waals surface area contributed by atoms with Crippen molar-refractivity contribution in [2.24, 2.45) is 0 Å². The monoisotopic (exact) mass is 698 g/mol. The van der Waals surface area contributed by atoms with Crippen molar-refractivity contribution in [3.63, 3.8) is 0 Å². The Balaban J connectivity index is 3.90. The summed E-state index contributed by atoms with van der Waals surface area (Å²) in [5, 5.41) is 13.2. The Labute approximate surface area is 298 Å². The third kappa shape index (κ3) is 36.1. The number of aliphatic hydroxyl groups is 1. The molecule has 0 aromatic rings. The highest BCUT2D eigenvalue weighted by Gasteiger charge is 2.24. The van der Waals surface area contributed by atoms with Crippen molar-refractivity contribution in [3.8, 4) is 0 Å². The van der Waals surface area contributed by atoms with Crippen LogP contribution >= 0.6 is 0 Å². The second kappa shape index (κ2) is 35.6. The van der Waals surface area contributed by atoms with Crippen molar-refractivity contribution >= 4 is 16.0 Å². The lowest BCUT2D eigenvalue weighted by atomic mass is 10.0. The number of rotatable bonds is 37. The summed E-state index contributed by atoms with van der Waals surface area (Å²) in [5.74, 6) is -0.992. The van der Waals surface area contributed by atoms with Gasteiger partial charge in [0.05, 0.1) is 17.9 Å². The van der Waals surface area contributed by atoms with Crippen molar-refractivity contribution in [1.82, 2.24) is 5.32 Å². The van der Waals surface area contributed by atoms with Crippen LogP contribution in [0.25, 0.3) is 0 Å². The van der Waals surface area contributed by atoms with Gasteiger partial charge in [0.2, 0.25) is 5.91 Å². The van der Waals surface area contributed by atoms with E-state index < -0.39 is 28.0 Å². The molecule has 6 nitrogen and oxygen atoms in total. The van der Waals surface area contributed by atoms with E-state index in [-0.39, 0.29) is 5.91 Å². The minimum absolute atomic E-state index is 0.285. The Morgan fingerprint density at radius 2 is 0.896 bits per heavy atom. The van der Waals surface area contributed by atoms with Gasteiger partial charge in [0.25, 0.3) is 10.1 Å². The zero-order valence-electron chi connectivity index (χ0n) is 31.6. The predicted octanol–water partition coefficient (Wildman–Crippen LogP) is 12.0. The number of nitrogens with one attached hydrogen (secondary N) is 1. The first-order valence-corrected chi connectivity index (χ1v) is 22.1. The number of aliphatic hydroxyl groups excluding tert-OH is 1. The lowest BCUT2D eigenvalue weighted by Crippen LogP contribution is -2.46. The van der Waals surface area contributed by atoms with Crippen LogP contribution in [0.3, 0.4) is 0 Å². The fraction of sp³-hybridized carbons (Fsp3) is 0.878. The normalized spacial score (nSPS) is 13.5. The zero-order chi connectivity index (χ0) is 35.4. The number of hydrogen-bond acceptors (Lipinski definition) is 4. The van der Waals surface area contributed by atoms with Crippen molar-refractivity contribution in [1.29, 1.82) is 0 Å². The minimum Gasteiger partial charge on any atom is -0.387 e. The maximum atomic E-state index is 12.5. The molecular formula is C41H79NO5S. The van der Waals surface area contributed by atoms with Crippen molar-refractivity contribution in [2.75, 3.05) is 5.75 Å². The molecule has 0 spiro atoms. The first-order valence-electron chi connectivity index (χ1n) is 20.5. The van der Waals surface area contributed by atoms with E-state index in [9.17, 15) is 22.9 Å². The van der Waals surface area contributed by atoms with Gasteiger partial charge < -0.3 is 10.4 Å². The van der Waals surface area contributed by atoms with Gasteiger partial charge in [-0.1, -0.05) is 199 Å². The second-order valence-electron chi connectivity index (χ2n) is 14.3. The summed E-state index contributed by atoms with van der Waals surface area (Å²) in [7, 11) is -4.35. The van der Waals surface area contributed by atoms with E-state index in [1.807, 2.05) is 6.08 Å². The molecule has 0 fully saturated rings. The van der Waals surface area contributed by atoms with Crippen LogP contribution in [0.2, 0.25) is 0 Å². The first-order chi connectivity index (χ1) is 23.3. The molecule has 1 amide bonds. The maximum absolute atomic E-state index is 12.5. The first kappa shape index (κ1) is 46.8. The van der Waals surface area contributed by atoms with Crippen molar-refractivity contribution < 1.29 is 22.9 Å². The highest BCUT2D eigenvalue weighted by atomic mass is 32.2. The number of allylic oxidation sites excluding steroid dienone is 3. The van der Waals surface area contributed by atoms with Gasteiger partial charge in [0.15, 0.2) is 0 Å². The van der Waals surface area contributed by atoms with Gasteiger partial charge in [-0.25, -0.2) is 0 Å². The van der Waals surface area contributed by atoms with E-state index in [0.29, 0.717) is 6.42 Å². The topological polar surface area (TPSA) is 104 Å². The summed E-state index contributed by atoms with van der Waals surface area (Å²) in [5.41, 5.74) is 0. The van der Waals surface area contributed by atoms with Gasteiger partial charge in [-0.3, -0.25) is 9.35 Å². The average molecular weight is 698 g/mol. The van der Waals surface area contributed by atoms with E-state index >= 15 is 0 Å². The molecule has 0 aliphatic heterocycles. The molecule has 0 bridgehead atoms. The van der Waals surface area contributed by atoms with Crippen molar-refractivity contribution in [3.05, 3.63) is 24.3 Å². The fourth-order valence-electron chi connectivity index (χ4n) is 6.29. The third-order valence-corrected chi connectivity index (χ3v) is 10.2. The van der Waals surface area contributed by atoms with E-state index in [1.54, 1.807) is 0 Å². The number of hydrogen-bond donors (Lipinski definition) is 3. The standard InChI is InChI=1S/C41H79NO5S/c1-3-5-7-9-11-13-15-17-19-20-21-22-23-25-27-29-31-33-35-37-41(44)42-39(38-48(45,46)47)40(43)36-34-32-30-28-26-24-18-16-14-12-10-8-6-4-2/h26,28,34,36,39-40,43H,3-25,27,29-33,35,37-38H2,1-2H3,(H,42,44)(H,45,46,47)/b28-26+,36-34+. The van der Waals surface area contributed by atoms with Gasteiger partial charge in [-0.05, 0) is 32.1 Å². The molecule has 284 valence electrons. The maximum Gasteiger partial charge on any atom is 0.267 e. The molecule has 0 heterocycles. The lowest BCUT2D eigenvalue weighted by molar-refractivity contribution is -0.122. The van der Waals surface area contributed by atoms with Gasteiger partial charge in [0.1, 0.15) is 0 Å². The van der Waals surface area contributed by atoms with E-state index in [4.69, 9.17) is 0 Å². The predicted molar refractivity (Wildman–Crippen MR) is 207 cm³/mol. The molecule has 0 aliphatic carbocycles.